The number of nitroso groups, excluding NO2 is 1. The third-order valence-corrected chi connectivity index (χ3v) is 2.30. The molecule has 0 N–H and O–H groups in total. The summed E-state index contributed by atoms with van der Waals surface area (Å²) >= 11 is 0. The molecule has 1 aromatic rings. The van der Waals surface area contributed by atoms with Gasteiger partial charge in [0.05, 0.1) is 18.8 Å². The van der Waals surface area contributed by atoms with Gasteiger partial charge < -0.3 is 9.47 Å². The summed E-state index contributed by atoms with van der Waals surface area (Å²) in [5, 5.41) is 2.85. The van der Waals surface area contributed by atoms with Crippen LogP contribution in [-0.2, 0) is 4.74 Å². The number of benzene rings is 1. The summed E-state index contributed by atoms with van der Waals surface area (Å²) in [5.41, 5.74) is 0.560. The lowest BCUT2D eigenvalue weighted by atomic mass is 10.2. The van der Waals surface area contributed by atoms with Crippen molar-refractivity contribution in [1.82, 2.24) is 0 Å². The third-order valence-electron chi connectivity index (χ3n) is 2.30. The van der Waals surface area contributed by atoms with Crippen LogP contribution in [0.2, 0.25) is 0 Å². The van der Waals surface area contributed by atoms with Gasteiger partial charge in [0.15, 0.2) is 0 Å². The maximum Gasteiger partial charge on any atom is 0.337 e. The second-order valence-electron chi connectivity index (χ2n) is 3.58. The van der Waals surface area contributed by atoms with E-state index in [1.165, 1.54) is 25.3 Å². The number of rotatable bonds is 4. The molecule has 0 aliphatic heterocycles. The van der Waals surface area contributed by atoms with Crippen LogP contribution in [0.1, 0.15) is 23.2 Å². The summed E-state index contributed by atoms with van der Waals surface area (Å²) in [7, 11) is 1.30. The fourth-order valence-electron chi connectivity index (χ4n) is 1.29. The van der Waals surface area contributed by atoms with Crippen LogP contribution in [0.15, 0.2) is 23.4 Å². The Morgan fingerprint density at radius 2 is 2.19 bits per heavy atom. The van der Waals surface area contributed by atoms with Crippen LogP contribution in [0.4, 0.5) is 5.69 Å². The number of esters is 1. The Labute approximate surface area is 92.3 Å². The summed E-state index contributed by atoms with van der Waals surface area (Å²) in [6.07, 6.45) is 2.09. The molecule has 1 aliphatic carbocycles. The van der Waals surface area contributed by atoms with Gasteiger partial charge in [0, 0.05) is 0 Å². The molecule has 84 valence electrons. The quantitative estimate of drug-likeness (QED) is 0.578. The fourth-order valence-corrected chi connectivity index (χ4v) is 1.29. The molecule has 0 aromatic heterocycles. The summed E-state index contributed by atoms with van der Waals surface area (Å²) < 4.78 is 10.1. The second-order valence-corrected chi connectivity index (χ2v) is 3.58. The van der Waals surface area contributed by atoms with Crippen molar-refractivity contribution in [2.75, 3.05) is 7.11 Å². The molecule has 1 saturated carbocycles. The monoisotopic (exact) mass is 221 g/mol. The molecule has 0 saturated heterocycles. The number of methoxy groups -OCH3 is 1. The molecule has 1 fully saturated rings. The van der Waals surface area contributed by atoms with Gasteiger partial charge >= 0.3 is 5.97 Å². The molecular formula is C11H11NO4. The smallest absolute Gasteiger partial charge is 0.337 e. The van der Waals surface area contributed by atoms with Crippen molar-refractivity contribution in [2.24, 2.45) is 5.18 Å². The van der Waals surface area contributed by atoms with E-state index >= 15 is 0 Å². The lowest BCUT2D eigenvalue weighted by Gasteiger charge is -2.07. The van der Waals surface area contributed by atoms with Crippen molar-refractivity contribution in [2.45, 2.75) is 18.9 Å². The maximum atomic E-state index is 11.3. The normalized spacial score (nSPS) is 14.3. The number of carbonyl (C=O) groups is 1. The average Bonchev–Trinajstić information content (AvgIpc) is 3.12. The fraction of sp³-hybridized carbons (Fsp3) is 0.364. The van der Waals surface area contributed by atoms with Crippen molar-refractivity contribution in [1.29, 1.82) is 0 Å². The molecule has 0 radical (unpaired) electrons. The Morgan fingerprint density at radius 1 is 1.44 bits per heavy atom. The molecule has 0 spiro atoms. The summed E-state index contributed by atoms with van der Waals surface area (Å²) in [6, 6.07) is 4.43. The Morgan fingerprint density at radius 3 is 2.75 bits per heavy atom. The minimum absolute atomic E-state index is 0.147. The first-order valence-electron chi connectivity index (χ1n) is 4.97. The highest BCUT2D eigenvalue weighted by molar-refractivity contribution is 5.90. The van der Waals surface area contributed by atoms with Gasteiger partial charge in [-0.05, 0) is 36.2 Å². The number of carbonyl (C=O) groups excluding carboxylic acids is 1. The van der Waals surface area contributed by atoms with Crippen molar-refractivity contribution in [3.05, 3.63) is 28.7 Å². The van der Waals surface area contributed by atoms with Gasteiger partial charge in [-0.2, -0.15) is 0 Å². The van der Waals surface area contributed by atoms with E-state index in [4.69, 9.17) is 4.74 Å². The number of nitrogens with zero attached hydrogens (tertiary/aromatic N) is 1. The summed E-state index contributed by atoms with van der Waals surface area (Å²) in [6.45, 7) is 0. The molecule has 0 atom stereocenters. The Kier molecular flexibility index (Phi) is 2.85. The molecule has 1 aromatic carbocycles. The first kappa shape index (κ1) is 10.6. The van der Waals surface area contributed by atoms with E-state index < -0.39 is 5.97 Å². The van der Waals surface area contributed by atoms with Gasteiger partial charge in [-0.1, -0.05) is 0 Å². The van der Waals surface area contributed by atoms with Gasteiger partial charge in [-0.3, -0.25) is 0 Å². The molecule has 5 heteroatoms. The predicted octanol–water partition coefficient (Wildman–Crippen LogP) is 2.41. The van der Waals surface area contributed by atoms with E-state index in [-0.39, 0.29) is 11.8 Å². The van der Waals surface area contributed by atoms with Crippen LogP contribution in [0.3, 0.4) is 0 Å². The van der Waals surface area contributed by atoms with E-state index in [0.717, 1.165) is 12.8 Å². The molecule has 0 unspecified atom stereocenters. The van der Waals surface area contributed by atoms with Crippen LogP contribution in [0, 0.1) is 4.91 Å². The van der Waals surface area contributed by atoms with Crippen molar-refractivity contribution in [3.8, 4) is 5.75 Å². The van der Waals surface area contributed by atoms with Crippen LogP contribution < -0.4 is 4.74 Å². The maximum absolute atomic E-state index is 11.3. The van der Waals surface area contributed by atoms with E-state index in [0.29, 0.717) is 11.3 Å². The first-order valence-corrected chi connectivity index (χ1v) is 4.97. The largest absolute Gasteiger partial charge is 0.488 e. The van der Waals surface area contributed by atoms with E-state index in [2.05, 4.69) is 9.91 Å². The van der Waals surface area contributed by atoms with Gasteiger partial charge in [0.1, 0.15) is 11.4 Å². The van der Waals surface area contributed by atoms with Gasteiger partial charge in [0.25, 0.3) is 0 Å². The van der Waals surface area contributed by atoms with Gasteiger partial charge in [-0.25, -0.2) is 4.79 Å². The Bertz CT molecular complexity index is 426. The zero-order valence-electron chi connectivity index (χ0n) is 8.80. The molecular weight excluding hydrogens is 210 g/mol. The Hall–Kier alpha value is -1.91. The summed E-state index contributed by atoms with van der Waals surface area (Å²) in [5.74, 6) is -0.113. The highest BCUT2D eigenvalue weighted by Crippen LogP contribution is 2.34. The van der Waals surface area contributed by atoms with Crippen LogP contribution in [0.5, 0.6) is 5.75 Å². The molecule has 0 amide bonds. The van der Waals surface area contributed by atoms with Crippen LogP contribution in [-0.4, -0.2) is 19.2 Å². The molecule has 0 bridgehead atoms. The molecule has 0 heterocycles. The van der Waals surface area contributed by atoms with Crippen molar-refractivity contribution in [3.63, 3.8) is 0 Å². The third kappa shape index (κ3) is 2.18. The number of hydrogen-bond donors (Lipinski definition) is 0. The number of ether oxygens (including phenoxy) is 2. The minimum Gasteiger partial charge on any atom is -0.488 e. The second kappa shape index (κ2) is 4.30. The SMILES string of the molecule is COC(=O)c1ccc(N=O)c(OC2CC2)c1. The zero-order valence-corrected chi connectivity index (χ0v) is 8.80. The van der Waals surface area contributed by atoms with Crippen LogP contribution in [0.25, 0.3) is 0 Å². The van der Waals surface area contributed by atoms with Crippen LogP contribution >= 0.6 is 0 Å². The number of hydrogen-bond acceptors (Lipinski definition) is 5. The van der Waals surface area contributed by atoms with E-state index in [1.807, 2.05) is 0 Å². The van der Waals surface area contributed by atoms with Gasteiger partial charge in [-0.15, -0.1) is 4.91 Å². The van der Waals surface area contributed by atoms with Crippen molar-refractivity contribution < 1.29 is 14.3 Å². The average molecular weight is 221 g/mol. The minimum atomic E-state index is -0.460. The first-order chi connectivity index (χ1) is 7.74. The van der Waals surface area contributed by atoms with Crippen molar-refractivity contribution >= 4 is 11.7 Å². The standard InChI is InChI=1S/C11H11NO4/c1-15-11(13)7-2-5-9(12-14)10(6-7)16-8-3-4-8/h2,5-6,8H,3-4H2,1H3. The lowest BCUT2D eigenvalue weighted by Crippen LogP contribution is -2.03. The molecule has 16 heavy (non-hydrogen) atoms. The predicted molar refractivity (Wildman–Crippen MR) is 56.9 cm³/mol. The van der Waals surface area contributed by atoms with Gasteiger partial charge in [0.2, 0.25) is 0 Å². The highest BCUT2D eigenvalue weighted by Gasteiger charge is 2.25. The van der Waals surface area contributed by atoms with E-state index in [9.17, 15) is 9.70 Å². The topological polar surface area (TPSA) is 65.0 Å². The zero-order chi connectivity index (χ0) is 11.5. The van der Waals surface area contributed by atoms with E-state index in [1.54, 1.807) is 0 Å². The molecule has 5 nitrogen and oxygen atoms in total. The Balaban J connectivity index is 2.29. The highest BCUT2D eigenvalue weighted by atomic mass is 16.5. The molecule has 2 rings (SSSR count). The lowest BCUT2D eigenvalue weighted by molar-refractivity contribution is 0.0600. The molecule has 1 aliphatic rings. The summed E-state index contributed by atoms with van der Waals surface area (Å²) in [4.78, 5) is 21.8.